The number of carbonyl (C=O) groups excluding carboxylic acids is 1. The average Bonchev–Trinajstić information content (AvgIpc) is 2.73. The van der Waals surface area contributed by atoms with Crippen LogP contribution >= 0.6 is 0 Å². The summed E-state index contributed by atoms with van der Waals surface area (Å²) in [7, 11) is 0. The Morgan fingerprint density at radius 2 is 2.06 bits per heavy atom. The number of rotatable bonds is 2. The molecule has 0 aliphatic carbocycles. The van der Waals surface area contributed by atoms with Crippen molar-refractivity contribution in [2.45, 2.75) is 0 Å². The van der Waals surface area contributed by atoms with E-state index < -0.39 is 0 Å². The summed E-state index contributed by atoms with van der Waals surface area (Å²) >= 11 is 0. The van der Waals surface area contributed by atoms with Crippen LogP contribution in [0.2, 0.25) is 0 Å². The van der Waals surface area contributed by atoms with Crippen molar-refractivity contribution in [1.82, 2.24) is 14.7 Å². The van der Waals surface area contributed by atoms with Crippen LogP contribution in [-0.4, -0.2) is 21.2 Å². The molecule has 3 rings (SSSR count). The zero-order valence-electron chi connectivity index (χ0n) is 8.20. The number of fused-ring (bicyclic) bond motifs is 3. The van der Waals surface area contributed by atoms with Gasteiger partial charge in [-0.3, -0.25) is 9.78 Å². The molecular weight excluding hydrogens is 206 g/mol. The van der Waals surface area contributed by atoms with Crippen LogP contribution in [0.1, 0.15) is 0 Å². The number of benzene rings is 1. The summed E-state index contributed by atoms with van der Waals surface area (Å²) in [6.07, 6.45) is 3.11. The van der Waals surface area contributed by atoms with E-state index in [0.717, 1.165) is 16.4 Å². The summed E-state index contributed by atoms with van der Waals surface area (Å²) in [5, 5.41) is 0.902. The van der Waals surface area contributed by atoms with E-state index in [2.05, 4.69) is 9.97 Å². The maximum Gasteiger partial charge on any atom is 0.321 e. The highest BCUT2D eigenvalue weighted by Crippen LogP contribution is 2.21. The smallest absolute Gasteiger partial charge is 0.321 e. The lowest BCUT2D eigenvalue weighted by Crippen LogP contribution is -2.07. The molecule has 1 aromatic carbocycles. The van der Waals surface area contributed by atoms with E-state index in [4.69, 9.17) is 4.84 Å². The molecule has 0 atom stereocenters. The van der Waals surface area contributed by atoms with Crippen molar-refractivity contribution < 1.29 is 9.63 Å². The maximum absolute atomic E-state index is 10.4. The Bertz CT molecular complexity index is 675. The molecule has 0 N–H and O–H groups in total. The van der Waals surface area contributed by atoms with E-state index in [1.807, 2.05) is 24.3 Å². The number of hydrogen-bond acceptors (Lipinski definition) is 4. The second-order valence-corrected chi connectivity index (χ2v) is 3.28. The Hall–Kier alpha value is -2.43. The van der Waals surface area contributed by atoms with Gasteiger partial charge in [-0.05, 0) is 6.07 Å². The third-order valence-electron chi connectivity index (χ3n) is 2.41. The van der Waals surface area contributed by atoms with Gasteiger partial charge in [0.2, 0.25) is 0 Å². The molecule has 2 heterocycles. The first kappa shape index (κ1) is 8.84. The fourth-order valence-electron chi connectivity index (χ4n) is 1.74. The highest BCUT2D eigenvalue weighted by Gasteiger charge is 2.08. The predicted octanol–water partition coefficient (Wildman–Crippen LogP) is 1.17. The van der Waals surface area contributed by atoms with Gasteiger partial charge in [0.25, 0.3) is 0 Å². The van der Waals surface area contributed by atoms with Crippen LogP contribution < -0.4 is 4.84 Å². The van der Waals surface area contributed by atoms with Crippen molar-refractivity contribution in [1.29, 1.82) is 0 Å². The molecule has 0 bridgehead atoms. The highest BCUT2D eigenvalue weighted by molar-refractivity contribution is 6.01. The highest BCUT2D eigenvalue weighted by atomic mass is 16.7. The predicted molar refractivity (Wildman–Crippen MR) is 57.7 cm³/mol. The molecule has 0 aliphatic heterocycles. The number of pyridine rings is 1. The first-order chi connectivity index (χ1) is 7.90. The van der Waals surface area contributed by atoms with Gasteiger partial charge in [-0.15, -0.1) is 0 Å². The summed E-state index contributed by atoms with van der Waals surface area (Å²) in [6, 6.07) is 7.62. The van der Waals surface area contributed by atoms with Gasteiger partial charge in [0.1, 0.15) is 17.4 Å². The number of para-hydroxylation sites is 1. The molecule has 78 valence electrons. The molecular formula is C11H7N3O2. The van der Waals surface area contributed by atoms with E-state index >= 15 is 0 Å². The number of carbonyl (C=O) groups is 1. The van der Waals surface area contributed by atoms with Crippen LogP contribution in [0.4, 0.5) is 0 Å². The first-order valence-electron chi connectivity index (χ1n) is 4.72. The van der Waals surface area contributed by atoms with Gasteiger partial charge in [-0.25, -0.2) is 4.98 Å². The van der Waals surface area contributed by atoms with Crippen LogP contribution in [0.15, 0.2) is 36.8 Å². The van der Waals surface area contributed by atoms with Crippen LogP contribution in [0.5, 0.6) is 0 Å². The third kappa shape index (κ3) is 1.15. The molecule has 16 heavy (non-hydrogen) atoms. The van der Waals surface area contributed by atoms with Crippen LogP contribution in [0, 0.1) is 0 Å². The average molecular weight is 213 g/mol. The molecule has 3 aromatic rings. The van der Waals surface area contributed by atoms with Crippen molar-refractivity contribution in [3.05, 3.63) is 36.8 Å². The van der Waals surface area contributed by atoms with Crippen LogP contribution in [0.3, 0.4) is 0 Å². The molecule has 0 radical (unpaired) electrons. The first-order valence-corrected chi connectivity index (χ1v) is 4.72. The molecule has 0 unspecified atom stereocenters. The van der Waals surface area contributed by atoms with Crippen molar-refractivity contribution in [3.63, 3.8) is 0 Å². The molecule has 0 amide bonds. The maximum atomic E-state index is 10.4. The van der Waals surface area contributed by atoms with Crippen molar-refractivity contribution in [2.75, 3.05) is 0 Å². The Morgan fingerprint density at radius 1 is 1.19 bits per heavy atom. The van der Waals surface area contributed by atoms with Gasteiger partial charge in [0.05, 0.1) is 11.7 Å². The van der Waals surface area contributed by atoms with Gasteiger partial charge >= 0.3 is 6.47 Å². The largest absolute Gasteiger partial charge is 0.338 e. The minimum Gasteiger partial charge on any atom is -0.338 e. The second kappa shape index (κ2) is 3.30. The number of imidazole rings is 1. The van der Waals surface area contributed by atoms with Gasteiger partial charge < -0.3 is 4.84 Å². The van der Waals surface area contributed by atoms with Crippen molar-refractivity contribution in [3.8, 4) is 0 Å². The monoisotopic (exact) mass is 213 g/mol. The number of hydrogen-bond donors (Lipinski definition) is 0. The summed E-state index contributed by atoms with van der Waals surface area (Å²) in [5.41, 5.74) is 2.28. The number of nitrogens with zero attached hydrogens (tertiary/aromatic N) is 3. The van der Waals surface area contributed by atoms with Crippen molar-refractivity contribution >= 4 is 28.4 Å². The van der Waals surface area contributed by atoms with Gasteiger partial charge in [0, 0.05) is 5.39 Å². The zero-order valence-corrected chi connectivity index (χ0v) is 8.20. The molecule has 0 spiro atoms. The van der Waals surface area contributed by atoms with E-state index in [9.17, 15) is 4.79 Å². The Labute approximate surface area is 90.2 Å². The van der Waals surface area contributed by atoms with E-state index in [0.29, 0.717) is 12.0 Å². The third-order valence-corrected chi connectivity index (χ3v) is 2.41. The minimum absolute atomic E-state index is 0.371. The fraction of sp³-hybridized carbons (Fsp3) is 0. The summed E-state index contributed by atoms with van der Waals surface area (Å²) in [6.45, 7) is 0.371. The molecule has 0 saturated carbocycles. The van der Waals surface area contributed by atoms with Crippen LogP contribution in [-0.2, 0) is 4.79 Å². The number of aromatic nitrogens is 3. The minimum atomic E-state index is 0.371. The summed E-state index contributed by atoms with van der Waals surface area (Å²) in [5.74, 6) is 0. The normalized spacial score (nSPS) is 10.8. The molecule has 0 fully saturated rings. The topological polar surface area (TPSA) is 57.0 Å². The SMILES string of the molecule is O=COn1cnc2cnc3ccccc3c21. The molecule has 5 heteroatoms. The van der Waals surface area contributed by atoms with E-state index in [1.165, 1.54) is 11.1 Å². The zero-order chi connectivity index (χ0) is 11.0. The summed E-state index contributed by atoms with van der Waals surface area (Å²) < 4.78 is 1.34. The van der Waals surface area contributed by atoms with Gasteiger partial charge in [-0.1, -0.05) is 18.2 Å². The quantitative estimate of drug-likeness (QED) is 0.599. The summed E-state index contributed by atoms with van der Waals surface area (Å²) in [4.78, 5) is 23.5. The lowest BCUT2D eigenvalue weighted by atomic mass is 10.2. The Kier molecular flexibility index (Phi) is 1.83. The van der Waals surface area contributed by atoms with E-state index in [-0.39, 0.29) is 0 Å². The Balaban J connectivity index is 2.46. The van der Waals surface area contributed by atoms with E-state index in [1.54, 1.807) is 6.20 Å². The lowest BCUT2D eigenvalue weighted by molar-refractivity contribution is -0.128. The van der Waals surface area contributed by atoms with Gasteiger partial charge in [-0.2, -0.15) is 4.73 Å². The Morgan fingerprint density at radius 3 is 2.94 bits per heavy atom. The lowest BCUT2D eigenvalue weighted by Gasteiger charge is -2.02. The molecule has 2 aromatic heterocycles. The van der Waals surface area contributed by atoms with Gasteiger partial charge in [0.15, 0.2) is 0 Å². The molecule has 5 nitrogen and oxygen atoms in total. The molecule has 0 saturated heterocycles. The second-order valence-electron chi connectivity index (χ2n) is 3.28. The van der Waals surface area contributed by atoms with Crippen molar-refractivity contribution in [2.24, 2.45) is 0 Å². The van der Waals surface area contributed by atoms with Crippen LogP contribution in [0.25, 0.3) is 21.9 Å². The fourth-order valence-corrected chi connectivity index (χ4v) is 1.74. The standard InChI is InChI=1S/C11H7N3O2/c15-7-16-14-6-13-10-5-12-9-4-2-1-3-8(9)11(10)14/h1-7H. The molecule has 0 aliphatic rings.